The predicted octanol–water partition coefficient (Wildman–Crippen LogP) is 2.85. The van der Waals surface area contributed by atoms with Crippen LogP contribution in [-0.2, 0) is 0 Å². The molecule has 0 saturated carbocycles. The smallest absolute Gasteiger partial charge is 0.152 e. The Kier molecular flexibility index (Phi) is 4.17. The largest absolute Gasteiger partial charge is 0.365 e. The van der Waals surface area contributed by atoms with Gasteiger partial charge in [0.05, 0.1) is 0 Å². The molecule has 100 valence electrons. The predicted molar refractivity (Wildman–Crippen MR) is 70.0 cm³/mol. The molecule has 0 aromatic heterocycles. The number of benzene rings is 1. The van der Waals surface area contributed by atoms with Crippen molar-refractivity contribution in [2.75, 3.05) is 24.5 Å². The fourth-order valence-corrected chi connectivity index (χ4v) is 2.41. The van der Waals surface area contributed by atoms with Gasteiger partial charge in [-0.15, -0.1) is 0 Å². The van der Waals surface area contributed by atoms with Crippen molar-refractivity contribution in [3.05, 3.63) is 29.3 Å². The Balaban J connectivity index is 2.32. The third-order valence-corrected chi connectivity index (χ3v) is 3.55. The van der Waals surface area contributed by atoms with Gasteiger partial charge < -0.3 is 10.2 Å². The van der Waals surface area contributed by atoms with E-state index in [4.69, 9.17) is 0 Å². The van der Waals surface area contributed by atoms with Gasteiger partial charge in [-0.3, -0.25) is 0 Å². The number of aryl methyl sites for hydroxylation is 1. The summed E-state index contributed by atoms with van der Waals surface area (Å²) in [5, 5.41) is 3.40. The molecule has 0 spiro atoms. The van der Waals surface area contributed by atoms with Gasteiger partial charge >= 0.3 is 0 Å². The summed E-state index contributed by atoms with van der Waals surface area (Å²) in [5.74, 6) is -0.887. The molecular formula is C14H20F2N2. The standard InChI is InChI=1S/C14H20F2N2/c1-3-11-9-18(8-4-7-17-11)14-12(15)6-5-10(2)13(14)16/h5-6,11,17H,3-4,7-9H2,1-2H3. The highest BCUT2D eigenvalue weighted by molar-refractivity contribution is 5.52. The van der Waals surface area contributed by atoms with E-state index in [1.54, 1.807) is 6.92 Å². The summed E-state index contributed by atoms with van der Waals surface area (Å²) < 4.78 is 28.0. The van der Waals surface area contributed by atoms with Crippen LogP contribution in [0.2, 0.25) is 0 Å². The Labute approximate surface area is 107 Å². The molecule has 0 amide bonds. The maximum Gasteiger partial charge on any atom is 0.152 e. The number of rotatable bonds is 2. The van der Waals surface area contributed by atoms with Gasteiger partial charge in [-0.1, -0.05) is 13.0 Å². The van der Waals surface area contributed by atoms with Gasteiger partial charge in [0.2, 0.25) is 0 Å². The summed E-state index contributed by atoms with van der Waals surface area (Å²) in [4.78, 5) is 1.84. The third kappa shape index (κ3) is 2.64. The summed E-state index contributed by atoms with van der Waals surface area (Å²) in [5.41, 5.74) is 0.633. The first-order valence-electron chi connectivity index (χ1n) is 6.56. The highest BCUT2D eigenvalue weighted by atomic mass is 19.1. The first kappa shape index (κ1) is 13.3. The number of halogens is 2. The molecule has 2 rings (SSSR count). The SMILES string of the molecule is CCC1CN(c2c(F)ccc(C)c2F)CCCN1. The molecule has 0 radical (unpaired) electrons. The van der Waals surface area contributed by atoms with Crippen LogP contribution in [0.1, 0.15) is 25.3 Å². The average molecular weight is 254 g/mol. The van der Waals surface area contributed by atoms with Crippen LogP contribution >= 0.6 is 0 Å². The van der Waals surface area contributed by atoms with Gasteiger partial charge in [0.15, 0.2) is 5.82 Å². The Morgan fingerprint density at radius 1 is 1.39 bits per heavy atom. The van der Waals surface area contributed by atoms with Crippen LogP contribution in [0.25, 0.3) is 0 Å². The maximum atomic E-state index is 14.1. The monoisotopic (exact) mass is 254 g/mol. The number of nitrogens with one attached hydrogen (secondary N) is 1. The molecule has 1 aliphatic rings. The zero-order chi connectivity index (χ0) is 13.1. The van der Waals surface area contributed by atoms with E-state index >= 15 is 0 Å². The summed E-state index contributed by atoms with van der Waals surface area (Å²) in [6.07, 6.45) is 1.87. The highest BCUT2D eigenvalue weighted by Crippen LogP contribution is 2.27. The van der Waals surface area contributed by atoms with E-state index in [0.717, 1.165) is 19.4 Å². The van der Waals surface area contributed by atoms with E-state index < -0.39 is 11.6 Å². The van der Waals surface area contributed by atoms with Crippen LogP contribution in [0.15, 0.2) is 12.1 Å². The van der Waals surface area contributed by atoms with Crippen molar-refractivity contribution in [1.82, 2.24) is 5.32 Å². The van der Waals surface area contributed by atoms with Crippen molar-refractivity contribution in [2.45, 2.75) is 32.7 Å². The van der Waals surface area contributed by atoms with Crippen molar-refractivity contribution in [2.24, 2.45) is 0 Å². The second-order valence-electron chi connectivity index (χ2n) is 4.89. The first-order chi connectivity index (χ1) is 8.63. The van der Waals surface area contributed by atoms with Crippen LogP contribution in [0.4, 0.5) is 14.5 Å². The zero-order valence-electron chi connectivity index (χ0n) is 11.0. The normalized spacial score (nSPS) is 20.9. The molecule has 1 aliphatic heterocycles. The minimum Gasteiger partial charge on any atom is -0.365 e. The maximum absolute atomic E-state index is 14.1. The van der Waals surface area contributed by atoms with Gasteiger partial charge in [0, 0.05) is 19.1 Å². The summed E-state index contributed by atoms with van der Waals surface area (Å²) in [7, 11) is 0. The third-order valence-electron chi connectivity index (χ3n) is 3.55. The molecule has 0 bridgehead atoms. The van der Waals surface area contributed by atoms with Gasteiger partial charge in [-0.2, -0.15) is 0 Å². The topological polar surface area (TPSA) is 15.3 Å². The average Bonchev–Trinajstić information content (AvgIpc) is 2.60. The van der Waals surface area contributed by atoms with Gasteiger partial charge in [0.25, 0.3) is 0 Å². The highest BCUT2D eigenvalue weighted by Gasteiger charge is 2.22. The molecule has 0 aliphatic carbocycles. The van der Waals surface area contributed by atoms with E-state index in [1.807, 2.05) is 4.90 Å². The second-order valence-corrected chi connectivity index (χ2v) is 4.89. The first-order valence-corrected chi connectivity index (χ1v) is 6.56. The lowest BCUT2D eigenvalue weighted by atomic mass is 10.1. The molecule has 1 atom stereocenters. The number of anilines is 1. The molecular weight excluding hydrogens is 234 g/mol. The molecule has 18 heavy (non-hydrogen) atoms. The molecule has 4 heteroatoms. The van der Waals surface area contributed by atoms with E-state index in [2.05, 4.69) is 12.2 Å². The Morgan fingerprint density at radius 2 is 2.17 bits per heavy atom. The summed E-state index contributed by atoms with van der Waals surface area (Å²) in [6.45, 7) is 6.02. The number of hydrogen-bond donors (Lipinski definition) is 1. The van der Waals surface area contributed by atoms with Crippen molar-refractivity contribution >= 4 is 5.69 Å². The summed E-state index contributed by atoms with van der Waals surface area (Å²) >= 11 is 0. The Bertz CT molecular complexity index is 421. The van der Waals surface area contributed by atoms with Crippen LogP contribution < -0.4 is 10.2 Å². The molecule has 1 N–H and O–H groups in total. The Morgan fingerprint density at radius 3 is 2.89 bits per heavy atom. The number of hydrogen-bond acceptors (Lipinski definition) is 2. The van der Waals surface area contributed by atoms with E-state index in [-0.39, 0.29) is 5.69 Å². The van der Waals surface area contributed by atoms with E-state index in [0.29, 0.717) is 24.7 Å². The molecule has 1 heterocycles. The van der Waals surface area contributed by atoms with Gasteiger partial charge in [-0.25, -0.2) is 8.78 Å². The molecule has 1 aromatic carbocycles. The van der Waals surface area contributed by atoms with Crippen molar-refractivity contribution < 1.29 is 8.78 Å². The van der Waals surface area contributed by atoms with Crippen LogP contribution in [0, 0.1) is 18.6 Å². The lowest BCUT2D eigenvalue weighted by Gasteiger charge is -2.27. The minimum atomic E-state index is -0.463. The van der Waals surface area contributed by atoms with Crippen LogP contribution in [-0.4, -0.2) is 25.7 Å². The lowest BCUT2D eigenvalue weighted by molar-refractivity contribution is 0.518. The van der Waals surface area contributed by atoms with Crippen LogP contribution in [0.3, 0.4) is 0 Å². The van der Waals surface area contributed by atoms with E-state index in [1.165, 1.54) is 12.1 Å². The van der Waals surface area contributed by atoms with Crippen molar-refractivity contribution in [3.63, 3.8) is 0 Å². The molecule has 2 nitrogen and oxygen atoms in total. The Hall–Kier alpha value is -1.16. The molecule has 1 fully saturated rings. The van der Waals surface area contributed by atoms with Crippen LogP contribution in [0.5, 0.6) is 0 Å². The zero-order valence-corrected chi connectivity index (χ0v) is 11.0. The molecule has 1 unspecified atom stereocenters. The van der Waals surface area contributed by atoms with Crippen molar-refractivity contribution in [1.29, 1.82) is 0 Å². The van der Waals surface area contributed by atoms with E-state index in [9.17, 15) is 8.78 Å². The molecule has 1 aromatic rings. The fourth-order valence-electron chi connectivity index (χ4n) is 2.41. The summed E-state index contributed by atoms with van der Waals surface area (Å²) in [6, 6.07) is 3.14. The molecule has 1 saturated heterocycles. The van der Waals surface area contributed by atoms with Crippen molar-refractivity contribution in [3.8, 4) is 0 Å². The number of nitrogens with zero attached hydrogens (tertiary/aromatic N) is 1. The lowest BCUT2D eigenvalue weighted by Crippen LogP contribution is -2.38. The fraction of sp³-hybridized carbons (Fsp3) is 0.571. The quantitative estimate of drug-likeness (QED) is 0.873. The second kappa shape index (κ2) is 5.65. The van der Waals surface area contributed by atoms with Gasteiger partial charge in [-0.05, 0) is 37.9 Å². The minimum absolute atomic E-state index is 0.136. The van der Waals surface area contributed by atoms with Gasteiger partial charge in [0.1, 0.15) is 11.5 Å².